The van der Waals surface area contributed by atoms with Crippen LogP contribution in [0.4, 0.5) is 4.39 Å². The molecule has 0 heterocycles. The van der Waals surface area contributed by atoms with Gasteiger partial charge in [0.25, 0.3) is 0 Å². The minimum atomic E-state index is -0.324. The van der Waals surface area contributed by atoms with E-state index in [0.29, 0.717) is 12.0 Å². The van der Waals surface area contributed by atoms with E-state index in [2.05, 4.69) is 12.2 Å². The molecule has 0 saturated heterocycles. The molecule has 106 valence electrons. The lowest BCUT2D eigenvalue weighted by molar-refractivity contribution is 0.261. The number of hydrogen-bond donors (Lipinski definition) is 1. The van der Waals surface area contributed by atoms with Crippen molar-refractivity contribution in [3.05, 3.63) is 34.6 Å². The van der Waals surface area contributed by atoms with Gasteiger partial charge in [-0.1, -0.05) is 37.4 Å². The Morgan fingerprint density at radius 3 is 2.84 bits per heavy atom. The molecular weight excluding hydrogens is 261 g/mol. The first kappa shape index (κ1) is 14.8. The zero-order valence-corrected chi connectivity index (χ0v) is 12.3. The third kappa shape index (κ3) is 4.19. The molecule has 1 N–H and O–H groups in total. The fourth-order valence-corrected chi connectivity index (χ4v) is 3.22. The standard InChI is InChI=1S/C16H23ClFN/c1-2-9-19-16-6-4-3-5-13(16)10-12-7-8-15(18)14(17)11-12/h7-8,11,13,16,19H,2-6,9-10H2,1H3. The number of benzene rings is 1. The Morgan fingerprint density at radius 1 is 1.32 bits per heavy atom. The van der Waals surface area contributed by atoms with Crippen LogP contribution < -0.4 is 5.32 Å². The number of halogens is 2. The average molecular weight is 284 g/mol. The largest absolute Gasteiger partial charge is 0.314 e. The lowest BCUT2D eigenvalue weighted by Crippen LogP contribution is -2.39. The Morgan fingerprint density at radius 2 is 2.11 bits per heavy atom. The second-order valence-electron chi connectivity index (χ2n) is 5.56. The predicted octanol–water partition coefficient (Wildman–Crippen LogP) is 4.58. The topological polar surface area (TPSA) is 12.0 Å². The van der Waals surface area contributed by atoms with E-state index in [0.717, 1.165) is 18.5 Å². The highest BCUT2D eigenvalue weighted by molar-refractivity contribution is 6.30. The fraction of sp³-hybridized carbons (Fsp3) is 0.625. The number of rotatable bonds is 5. The smallest absolute Gasteiger partial charge is 0.141 e. The van der Waals surface area contributed by atoms with Crippen molar-refractivity contribution in [1.82, 2.24) is 5.32 Å². The molecule has 0 amide bonds. The van der Waals surface area contributed by atoms with Crippen LogP contribution in [0.2, 0.25) is 5.02 Å². The van der Waals surface area contributed by atoms with Crippen molar-refractivity contribution in [1.29, 1.82) is 0 Å². The van der Waals surface area contributed by atoms with Gasteiger partial charge < -0.3 is 5.32 Å². The van der Waals surface area contributed by atoms with Crippen LogP contribution in [0.15, 0.2) is 18.2 Å². The molecule has 1 aliphatic carbocycles. The maximum absolute atomic E-state index is 13.2. The second kappa shape index (κ2) is 7.25. The van der Waals surface area contributed by atoms with Gasteiger partial charge in [-0.3, -0.25) is 0 Å². The summed E-state index contributed by atoms with van der Waals surface area (Å²) >= 11 is 5.86. The van der Waals surface area contributed by atoms with Gasteiger partial charge in [-0.15, -0.1) is 0 Å². The van der Waals surface area contributed by atoms with Crippen molar-refractivity contribution in [2.24, 2.45) is 5.92 Å². The molecule has 2 unspecified atom stereocenters. The first-order valence-corrected chi connectivity index (χ1v) is 7.75. The lowest BCUT2D eigenvalue weighted by atomic mass is 9.80. The Kier molecular flexibility index (Phi) is 5.65. The number of nitrogens with one attached hydrogen (secondary N) is 1. The molecule has 1 nitrogen and oxygen atoms in total. The van der Waals surface area contributed by atoms with Crippen LogP contribution in [0.3, 0.4) is 0 Å². The quantitative estimate of drug-likeness (QED) is 0.834. The summed E-state index contributed by atoms with van der Waals surface area (Å²) in [6, 6.07) is 5.74. The Bertz CT molecular complexity index is 408. The highest BCUT2D eigenvalue weighted by Crippen LogP contribution is 2.28. The summed E-state index contributed by atoms with van der Waals surface area (Å²) in [5, 5.41) is 3.90. The normalized spacial score (nSPS) is 23.5. The molecule has 1 aromatic carbocycles. The van der Waals surface area contributed by atoms with Crippen LogP contribution >= 0.6 is 11.6 Å². The maximum atomic E-state index is 13.2. The van der Waals surface area contributed by atoms with Crippen LogP contribution in [-0.2, 0) is 6.42 Å². The van der Waals surface area contributed by atoms with E-state index in [1.165, 1.54) is 38.2 Å². The molecule has 0 spiro atoms. The summed E-state index contributed by atoms with van der Waals surface area (Å²) in [7, 11) is 0. The summed E-state index contributed by atoms with van der Waals surface area (Å²) in [4.78, 5) is 0. The number of hydrogen-bond acceptors (Lipinski definition) is 1. The van der Waals surface area contributed by atoms with Gasteiger partial charge in [0.2, 0.25) is 0 Å². The van der Waals surface area contributed by atoms with Gasteiger partial charge in [0.1, 0.15) is 5.82 Å². The summed E-state index contributed by atoms with van der Waals surface area (Å²) in [6.45, 7) is 3.29. The molecule has 1 fully saturated rings. The molecule has 0 aromatic heterocycles. The molecule has 2 atom stereocenters. The first-order chi connectivity index (χ1) is 9.20. The summed E-state index contributed by atoms with van der Waals surface area (Å²) in [6.07, 6.45) is 7.33. The van der Waals surface area contributed by atoms with Gasteiger partial charge in [0.15, 0.2) is 0 Å². The van der Waals surface area contributed by atoms with Crippen LogP contribution in [0.1, 0.15) is 44.6 Å². The molecule has 0 aliphatic heterocycles. The van der Waals surface area contributed by atoms with Crippen LogP contribution in [-0.4, -0.2) is 12.6 Å². The predicted molar refractivity (Wildman–Crippen MR) is 79.2 cm³/mol. The molecule has 1 aromatic rings. The van der Waals surface area contributed by atoms with Gasteiger partial charge in [-0.2, -0.15) is 0 Å². The Labute approximate surface area is 120 Å². The molecule has 1 saturated carbocycles. The summed E-state index contributed by atoms with van der Waals surface area (Å²) in [5.41, 5.74) is 1.15. The minimum absolute atomic E-state index is 0.242. The monoisotopic (exact) mass is 283 g/mol. The van der Waals surface area contributed by atoms with E-state index in [-0.39, 0.29) is 10.8 Å². The average Bonchev–Trinajstić information content (AvgIpc) is 2.42. The van der Waals surface area contributed by atoms with E-state index >= 15 is 0 Å². The molecule has 2 rings (SSSR count). The van der Waals surface area contributed by atoms with Gasteiger partial charge in [-0.05, 0) is 55.8 Å². The highest BCUT2D eigenvalue weighted by Gasteiger charge is 2.24. The van der Waals surface area contributed by atoms with Gasteiger partial charge in [0.05, 0.1) is 5.02 Å². The minimum Gasteiger partial charge on any atom is -0.314 e. The van der Waals surface area contributed by atoms with Crippen molar-refractivity contribution in [2.75, 3.05) is 6.54 Å². The molecule has 19 heavy (non-hydrogen) atoms. The van der Waals surface area contributed by atoms with Gasteiger partial charge in [-0.25, -0.2) is 4.39 Å². The fourth-order valence-electron chi connectivity index (χ4n) is 3.02. The zero-order chi connectivity index (χ0) is 13.7. The first-order valence-electron chi connectivity index (χ1n) is 7.38. The molecule has 1 aliphatic rings. The molecule has 0 radical (unpaired) electrons. The van der Waals surface area contributed by atoms with Crippen molar-refractivity contribution in [2.45, 2.75) is 51.5 Å². The second-order valence-corrected chi connectivity index (χ2v) is 5.96. The summed E-state index contributed by atoms with van der Waals surface area (Å²) < 4.78 is 13.2. The van der Waals surface area contributed by atoms with Crippen molar-refractivity contribution in [3.63, 3.8) is 0 Å². The lowest BCUT2D eigenvalue weighted by Gasteiger charge is -2.32. The Hall–Kier alpha value is -0.600. The van der Waals surface area contributed by atoms with E-state index in [1.807, 2.05) is 6.07 Å². The van der Waals surface area contributed by atoms with Crippen LogP contribution in [0.5, 0.6) is 0 Å². The SMILES string of the molecule is CCCNC1CCCCC1Cc1ccc(F)c(Cl)c1. The zero-order valence-electron chi connectivity index (χ0n) is 11.6. The maximum Gasteiger partial charge on any atom is 0.141 e. The van der Waals surface area contributed by atoms with E-state index < -0.39 is 0 Å². The summed E-state index contributed by atoms with van der Waals surface area (Å²) in [5.74, 6) is 0.330. The van der Waals surface area contributed by atoms with E-state index in [1.54, 1.807) is 6.07 Å². The molecular formula is C16H23ClFN. The van der Waals surface area contributed by atoms with E-state index in [4.69, 9.17) is 11.6 Å². The molecule has 3 heteroatoms. The highest BCUT2D eigenvalue weighted by atomic mass is 35.5. The van der Waals surface area contributed by atoms with Gasteiger partial charge in [0, 0.05) is 6.04 Å². The van der Waals surface area contributed by atoms with Crippen LogP contribution in [0, 0.1) is 11.7 Å². The molecule has 0 bridgehead atoms. The van der Waals surface area contributed by atoms with Crippen molar-refractivity contribution >= 4 is 11.6 Å². The van der Waals surface area contributed by atoms with Gasteiger partial charge >= 0.3 is 0 Å². The Balaban J connectivity index is 1.99. The van der Waals surface area contributed by atoms with E-state index in [9.17, 15) is 4.39 Å². The van der Waals surface area contributed by atoms with Crippen molar-refractivity contribution < 1.29 is 4.39 Å². The van der Waals surface area contributed by atoms with Crippen LogP contribution in [0.25, 0.3) is 0 Å². The van der Waals surface area contributed by atoms with Crippen molar-refractivity contribution in [3.8, 4) is 0 Å². The third-order valence-electron chi connectivity index (χ3n) is 4.05. The third-order valence-corrected chi connectivity index (χ3v) is 4.34.